The predicted molar refractivity (Wildman–Crippen MR) is 190 cm³/mol. The maximum Gasteiger partial charge on any atom is 0.257 e. The van der Waals surface area contributed by atoms with Gasteiger partial charge in [-0.05, 0) is 68.1 Å². The van der Waals surface area contributed by atoms with Crippen LogP contribution in [-0.2, 0) is 13.2 Å². The number of nitrogens with zero attached hydrogens (tertiary/aromatic N) is 4. The van der Waals surface area contributed by atoms with E-state index in [1.54, 1.807) is 45.6 Å². The van der Waals surface area contributed by atoms with Crippen molar-refractivity contribution in [2.24, 2.45) is 9.98 Å². The SMILES string of the molecule is C/C=C1\C[C@H]2C=Nc3cc(OCc4cc(COc5cc6c(cc5OC)C(=O)N5C/C(=C/C)C[C@H]5C=N6)cc(OC)c4)c(OC)cc3C(=O)N2C1. The molecule has 2 saturated heterocycles. The van der Waals surface area contributed by atoms with Crippen LogP contribution >= 0.6 is 0 Å². The van der Waals surface area contributed by atoms with Crippen molar-refractivity contribution < 1.29 is 33.3 Å². The Morgan fingerprint density at radius 2 is 1.10 bits per heavy atom. The molecule has 0 spiro atoms. The zero-order valence-electron chi connectivity index (χ0n) is 28.9. The highest BCUT2D eigenvalue weighted by molar-refractivity contribution is 6.04. The third kappa shape index (κ3) is 6.19. The first kappa shape index (κ1) is 32.9. The van der Waals surface area contributed by atoms with Gasteiger partial charge in [0.25, 0.3) is 11.8 Å². The summed E-state index contributed by atoms with van der Waals surface area (Å²) in [7, 11) is 4.71. The molecule has 2 amide bonds. The summed E-state index contributed by atoms with van der Waals surface area (Å²) < 4.78 is 29.4. The lowest BCUT2D eigenvalue weighted by Gasteiger charge is -2.20. The van der Waals surface area contributed by atoms with Crippen LogP contribution < -0.4 is 23.7 Å². The Balaban J connectivity index is 1.09. The molecule has 0 bridgehead atoms. The molecule has 4 heterocycles. The van der Waals surface area contributed by atoms with Crippen molar-refractivity contribution in [3.8, 4) is 28.7 Å². The highest BCUT2D eigenvalue weighted by atomic mass is 16.5. The topological polar surface area (TPSA) is 111 Å². The zero-order chi connectivity index (χ0) is 34.9. The number of hydrogen-bond acceptors (Lipinski definition) is 9. The summed E-state index contributed by atoms with van der Waals surface area (Å²) >= 11 is 0. The van der Waals surface area contributed by atoms with Gasteiger partial charge in [-0.2, -0.15) is 0 Å². The third-order valence-electron chi connectivity index (χ3n) is 9.68. The number of amides is 2. The molecule has 0 radical (unpaired) electrons. The van der Waals surface area contributed by atoms with Crippen LogP contribution in [0.4, 0.5) is 11.4 Å². The van der Waals surface area contributed by atoms with Gasteiger partial charge in [0.15, 0.2) is 23.0 Å². The minimum Gasteiger partial charge on any atom is -0.497 e. The number of carbonyl (C=O) groups is 2. The fourth-order valence-corrected chi connectivity index (χ4v) is 6.86. The first-order valence-electron chi connectivity index (χ1n) is 16.7. The van der Waals surface area contributed by atoms with E-state index in [1.165, 1.54) is 11.1 Å². The molecule has 3 aromatic rings. The molecule has 3 aromatic carbocycles. The molecule has 0 saturated carbocycles. The van der Waals surface area contributed by atoms with Crippen LogP contribution in [0.15, 0.2) is 75.7 Å². The fraction of sp³-hybridized carbons (Fsp3) is 0.333. The van der Waals surface area contributed by atoms with Crippen LogP contribution in [0.5, 0.6) is 28.7 Å². The van der Waals surface area contributed by atoms with Crippen LogP contribution in [0, 0.1) is 0 Å². The first-order valence-corrected chi connectivity index (χ1v) is 16.7. The molecular formula is C39H40N4O7. The number of methoxy groups -OCH3 is 3. The van der Waals surface area contributed by atoms with Gasteiger partial charge in [0.2, 0.25) is 0 Å². The van der Waals surface area contributed by atoms with E-state index >= 15 is 0 Å². The summed E-state index contributed by atoms with van der Waals surface area (Å²) in [6.45, 7) is 5.58. The Labute approximate surface area is 291 Å². The summed E-state index contributed by atoms with van der Waals surface area (Å²) in [5, 5.41) is 0. The first-order chi connectivity index (χ1) is 24.3. The number of hydrogen-bond donors (Lipinski definition) is 0. The van der Waals surface area contributed by atoms with E-state index < -0.39 is 0 Å². The van der Waals surface area contributed by atoms with Gasteiger partial charge in [-0.15, -0.1) is 0 Å². The maximum atomic E-state index is 13.5. The number of ether oxygens (including phenoxy) is 5. The average Bonchev–Trinajstić information content (AvgIpc) is 3.71. The second-order valence-corrected chi connectivity index (χ2v) is 12.7. The van der Waals surface area contributed by atoms with E-state index in [0.29, 0.717) is 64.3 Å². The Morgan fingerprint density at radius 1 is 0.640 bits per heavy atom. The molecule has 4 aliphatic heterocycles. The van der Waals surface area contributed by atoms with Crippen LogP contribution in [0.3, 0.4) is 0 Å². The van der Waals surface area contributed by atoms with Crippen LogP contribution in [0.25, 0.3) is 0 Å². The van der Waals surface area contributed by atoms with Crippen molar-refractivity contribution in [3.63, 3.8) is 0 Å². The van der Waals surface area contributed by atoms with Crippen molar-refractivity contribution in [3.05, 3.63) is 88.0 Å². The second kappa shape index (κ2) is 13.7. The molecular weight excluding hydrogens is 636 g/mol. The van der Waals surface area contributed by atoms with E-state index in [4.69, 9.17) is 23.7 Å². The van der Waals surface area contributed by atoms with E-state index in [1.807, 2.05) is 54.3 Å². The Kier molecular flexibility index (Phi) is 9.05. The standard InChI is InChI=1S/C39H40N4O7/c1-6-23-9-27-17-40-32-15-36(34(47-4)13-30(32)38(44)42(27)19-23)49-21-25-8-26(12-29(11-25)46-3)22-50-37-16-33-31(14-35(37)48-5)39(45)43-20-24(7-2)10-28(43)18-41-33/h6-8,11-18,27-28H,9-10,19-22H2,1-5H3/b23-6+,24-7+/t27-,28-/m0/s1. The maximum absolute atomic E-state index is 13.5. The summed E-state index contributed by atoms with van der Waals surface area (Å²) in [5.74, 6) is 2.33. The monoisotopic (exact) mass is 676 g/mol. The normalized spacial score (nSPS) is 20.7. The minimum absolute atomic E-state index is 0.0701. The molecule has 2 atom stereocenters. The van der Waals surface area contributed by atoms with Gasteiger partial charge in [-0.3, -0.25) is 19.6 Å². The molecule has 0 unspecified atom stereocenters. The van der Waals surface area contributed by atoms with Gasteiger partial charge in [0, 0.05) is 37.7 Å². The van der Waals surface area contributed by atoms with Crippen LogP contribution in [0.2, 0.25) is 0 Å². The Morgan fingerprint density at radius 3 is 1.50 bits per heavy atom. The summed E-state index contributed by atoms with van der Waals surface area (Å²) in [5.41, 5.74) is 6.18. The number of fused-ring (bicyclic) bond motifs is 4. The van der Waals surface area contributed by atoms with E-state index in [9.17, 15) is 9.59 Å². The third-order valence-corrected chi connectivity index (χ3v) is 9.68. The predicted octanol–water partition coefficient (Wildman–Crippen LogP) is 6.62. The largest absolute Gasteiger partial charge is 0.497 e. The van der Waals surface area contributed by atoms with Gasteiger partial charge >= 0.3 is 0 Å². The molecule has 0 aromatic heterocycles. The van der Waals surface area contributed by atoms with Crippen LogP contribution in [-0.4, -0.2) is 80.5 Å². The smallest absolute Gasteiger partial charge is 0.257 e. The molecule has 50 heavy (non-hydrogen) atoms. The summed E-state index contributed by atoms with van der Waals surface area (Å²) in [4.78, 5) is 40.0. The number of rotatable bonds is 9. The molecule has 4 aliphatic rings. The number of carbonyl (C=O) groups excluding carboxylic acids is 2. The lowest BCUT2D eigenvalue weighted by Crippen LogP contribution is -2.35. The van der Waals surface area contributed by atoms with E-state index in [0.717, 1.165) is 24.0 Å². The fourth-order valence-electron chi connectivity index (χ4n) is 6.86. The molecule has 258 valence electrons. The average molecular weight is 677 g/mol. The highest BCUT2D eigenvalue weighted by Gasteiger charge is 2.36. The van der Waals surface area contributed by atoms with Crippen molar-refractivity contribution in [2.75, 3.05) is 34.4 Å². The Hall–Kier alpha value is -5.58. The molecule has 2 fully saturated rings. The summed E-state index contributed by atoms with van der Waals surface area (Å²) in [6.07, 6.45) is 9.39. The lowest BCUT2D eigenvalue weighted by molar-refractivity contribution is 0.0769. The van der Waals surface area contributed by atoms with E-state index in [2.05, 4.69) is 22.1 Å². The minimum atomic E-state index is -0.0746. The van der Waals surface area contributed by atoms with Crippen molar-refractivity contribution in [1.82, 2.24) is 9.80 Å². The zero-order valence-corrected chi connectivity index (χ0v) is 28.9. The molecule has 0 N–H and O–H groups in total. The van der Waals surface area contributed by atoms with Gasteiger partial charge in [0.1, 0.15) is 19.0 Å². The molecule has 0 aliphatic carbocycles. The van der Waals surface area contributed by atoms with Gasteiger partial charge in [-0.1, -0.05) is 23.3 Å². The van der Waals surface area contributed by atoms with Gasteiger partial charge in [-0.25, -0.2) is 0 Å². The van der Waals surface area contributed by atoms with E-state index in [-0.39, 0.29) is 37.1 Å². The van der Waals surface area contributed by atoms with Crippen molar-refractivity contribution >= 4 is 35.6 Å². The Bertz CT molecular complexity index is 1850. The number of benzene rings is 3. The highest BCUT2D eigenvalue weighted by Crippen LogP contribution is 2.41. The lowest BCUT2D eigenvalue weighted by atomic mass is 10.1. The number of allylic oxidation sites excluding steroid dienone is 2. The van der Waals surface area contributed by atoms with Gasteiger partial charge in [0.05, 0.1) is 55.9 Å². The van der Waals surface area contributed by atoms with Gasteiger partial charge < -0.3 is 33.5 Å². The number of aliphatic imine (C=N–C) groups is 2. The quantitative estimate of drug-likeness (QED) is 0.234. The molecule has 7 rings (SSSR count). The van der Waals surface area contributed by atoms with Crippen molar-refractivity contribution in [2.45, 2.75) is 52.0 Å². The second-order valence-electron chi connectivity index (χ2n) is 12.7. The summed E-state index contributed by atoms with van der Waals surface area (Å²) in [6, 6.07) is 12.5. The molecule has 11 heteroatoms. The molecule has 11 nitrogen and oxygen atoms in total. The van der Waals surface area contributed by atoms with Crippen LogP contribution in [0.1, 0.15) is 58.5 Å². The van der Waals surface area contributed by atoms with Crippen molar-refractivity contribution in [1.29, 1.82) is 0 Å².